The van der Waals surface area contributed by atoms with Gasteiger partial charge in [0.25, 0.3) is 0 Å². The lowest BCUT2D eigenvalue weighted by Crippen LogP contribution is -2.18. The van der Waals surface area contributed by atoms with Crippen molar-refractivity contribution in [3.8, 4) is 28.5 Å². The molecule has 0 bridgehead atoms. The molecule has 5 rings (SSSR count). The highest BCUT2D eigenvalue weighted by atomic mass is 16.5. The Morgan fingerprint density at radius 1 is 0.933 bits per heavy atom. The minimum Gasteiger partial charge on any atom is -0.490 e. The summed E-state index contributed by atoms with van der Waals surface area (Å²) in [5, 5.41) is 3.44. The van der Waals surface area contributed by atoms with E-state index in [2.05, 4.69) is 32.4 Å². The highest BCUT2D eigenvalue weighted by Gasteiger charge is 2.21. The fraction of sp³-hybridized carbons (Fsp3) is 0.167. The molecule has 6 nitrogen and oxygen atoms in total. The highest BCUT2D eigenvalue weighted by molar-refractivity contribution is 5.65. The van der Waals surface area contributed by atoms with Gasteiger partial charge in [0.05, 0.1) is 5.69 Å². The molecule has 0 saturated heterocycles. The minimum atomic E-state index is 0.185. The van der Waals surface area contributed by atoms with E-state index in [1.54, 1.807) is 18.6 Å². The first-order valence-corrected chi connectivity index (χ1v) is 10.0. The van der Waals surface area contributed by atoms with Crippen molar-refractivity contribution in [3.63, 3.8) is 0 Å². The SMILES string of the molecule is c1ccc(-c2nc(NCCC3Cc4ccccc4O3)cc(-c3cccnc3)n2)nc1. The van der Waals surface area contributed by atoms with Crippen molar-refractivity contribution in [1.29, 1.82) is 0 Å². The van der Waals surface area contributed by atoms with E-state index in [4.69, 9.17) is 9.72 Å². The molecule has 1 aliphatic heterocycles. The van der Waals surface area contributed by atoms with E-state index in [-0.39, 0.29) is 6.10 Å². The molecule has 0 aliphatic carbocycles. The molecule has 148 valence electrons. The van der Waals surface area contributed by atoms with Gasteiger partial charge in [0.1, 0.15) is 23.4 Å². The summed E-state index contributed by atoms with van der Waals surface area (Å²) in [6.45, 7) is 0.754. The fourth-order valence-electron chi connectivity index (χ4n) is 3.59. The summed E-state index contributed by atoms with van der Waals surface area (Å²) < 4.78 is 6.04. The number of fused-ring (bicyclic) bond motifs is 1. The topological polar surface area (TPSA) is 72.8 Å². The maximum Gasteiger partial charge on any atom is 0.180 e. The number of aromatic nitrogens is 4. The zero-order valence-electron chi connectivity index (χ0n) is 16.4. The van der Waals surface area contributed by atoms with Gasteiger partial charge in [0.2, 0.25) is 0 Å². The van der Waals surface area contributed by atoms with Gasteiger partial charge < -0.3 is 10.1 Å². The molecule has 0 radical (unpaired) electrons. The van der Waals surface area contributed by atoms with E-state index in [1.165, 1.54) is 5.56 Å². The maximum atomic E-state index is 6.04. The van der Waals surface area contributed by atoms with Gasteiger partial charge in [0, 0.05) is 49.6 Å². The number of anilines is 1. The van der Waals surface area contributed by atoms with Gasteiger partial charge in [0.15, 0.2) is 5.82 Å². The zero-order valence-corrected chi connectivity index (χ0v) is 16.4. The second kappa shape index (κ2) is 8.29. The average molecular weight is 395 g/mol. The lowest BCUT2D eigenvalue weighted by Gasteiger charge is -2.13. The Morgan fingerprint density at radius 2 is 1.87 bits per heavy atom. The number of rotatable bonds is 6. The van der Waals surface area contributed by atoms with Crippen LogP contribution in [0.1, 0.15) is 12.0 Å². The predicted octanol–water partition coefficient (Wildman–Crippen LogP) is 4.41. The van der Waals surface area contributed by atoms with Gasteiger partial charge >= 0.3 is 0 Å². The number of ether oxygens (including phenoxy) is 1. The van der Waals surface area contributed by atoms with Crippen LogP contribution in [0.3, 0.4) is 0 Å². The predicted molar refractivity (Wildman–Crippen MR) is 116 cm³/mol. The molecule has 3 aromatic heterocycles. The molecule has 1 aromatic carbocycles. The molecule has 1 aliphatic rings. The molecule has 1 atom stereocenters. The molecule has 30 heavy (non-hydrogen) atoms. The number of nitrogens with zero attached hydrogens (tertiary/aromatic N) is 4. The van der Waals surface area contributed by atoms with Crippen molar-refractivity contribution in [2.24, 2.45) is 0 Å². The van der Waals surface area contributed by atoms with E-state index in [0.717, 1.165) is 47.9 Å². The van der Waals surface area contributed by atoms with Crippen LogP contribution in [0.2, 0.25) is 0 Å². The average Bonchev–Trinajstić information content (AvgIpc) is 3.23. The standard InChI is InChI=1S/C24H21N5O/c1-2-9-22-17(6-1)14-19(30-22)10-13-27-23-15-21(18-7-5-11-25-16-18)28-24(29-23)20-8-3-4-12-26-20/h1-9,11-12,15-16,19H,10,13-14H2,(H,27,28,29). The van der Waals surface area contributed by atoms with Crippen molar-refractivity contribution < 1.29 is 4.74 Å². The minimum absolute atomic E-state index is 0.185. The van der Waals surface area contributed by atoms with Crippen molar-refractivity contribution in [2.45, 2.75) is 18.9 Å². The molecule has 0 saturated carbocycles. The van der Waals surface area contributed by atoms with Crippen molar-refractivity contribution in [1.82, 2.24) is 19.9 Å². The van der Waals surface area contributed by atoms with Crippen LogP contribution in [0.15, 0.2) is 79.3 Å². The van der Waals surface area contributed by atoms with Crippen molar-refractivity contribution >= 4 is 5.82 Å². The van der Waals surface area contributed by atoms with E-state index >= 15 is 0 Å². The fourth-order valence-corrected chi connectivity index (χ4v) is 3.59. The van der Waals surface area contributed by atoms with E-state index in [1.807, 2.05) is 48.5 Å². The highest BCUT2D eigenvalue weighted by Crippen LogP contribution is 2.29. The first kappa shape index (κ1) is 18.2. The van der Waals surface area contributed by atoms with Crippen LogP contribution in [0.5, 0.6) is 5.75 Å². The lowest BCUT2D eigenvalue weighted by atomic mass is 10.1. The van der Waals surface area contributed by atoms with Crippen LogP contribution in [-0.2, 0) is 6.42 Å². The van der Waals surface area contributed by atoms with Gasteiger partial charge in [-0.25, -0.2) is 9.97 Å². The van der Waals surface area contributed by atoms with Crippen molar-refractivity contribution in [3.05, 3.63) is 84.8 Å². The first-order valence-electron chi connectivity index (χ1n) is 10.0. The Morgan fingerprint density at radius 3 is 2.70 bits per heavy atom. The summed E-state index contributed by atoms with van der Waals surface area (Å²) in [6.07, 6.45) is 7.32. The molecular formula is C24H21N5O. The van der Waals surface area contributed by atoms with E-state index in [0.29, 0.717) is 5.82 Å². The molecule has 4 aromatic rings. The van der Waals surface area contributed by atoms with Crippen LogP contribution >= 0.6 is 0 Å². The number of hydrogen-bond donors (Lipinski definition) is 1. The van der Waals surface area contributed by atoms with Crippen LogP contribution in [0.4, 0.5) is 5.82 Å². The molecule has 0 amide bonds. The molecule has 1 N–H and O–H groups in total. The Balaban J connectivity index is 1.34. The monoisotopic (exact) mass is 395 g/mol. The number of hydrogen-bond acceptors (Lipinski definition) is 6. The summed E-state index contributed by atoms with van der Waals surface area (Å²) in [4.78, 5) is 18.0. The molecule has 6 heteroatoms. The van der Waals surface area contributed by atoms with Gasteiger partial charge in [-0.1, -0.05) is 24.3 Å². The summed E-state index contributed by atoms with van der Waals surface area (Å²) in [7, 11) is 0. The van der Waals surface area contributed by atoms with Gasteiger partial charge in [-0.3, -0.25) is 9.97 Å². The largest absolute Gasteiger partial charge is 0.490 e. The van der Waals surface area contributed by atoms with Crippen molar-refractivity contribution in [2.75, 3.05) is 11.9 Å². The third kappa shape index (κ3) is 3.98. The molecule has 0 fully saturated rings. The normalized spacial score (nSPS) is 14.7. The summed E-state index contributed by atoms with van der Waals surface area (Å²) in [5.41, 5.74) is 3.77. The first-order chi connectivity index (χ1) is 14.8. The maximum absolute atomic E-state index is 6.04. The Hall–Kier alpha value is -3.80. The van der Waals surface area contributed by atoms with Crippen LogP contribution in [0.25, 0.3) is 22.8 Å². The summed E-state index contributed by atoms with van der Waals surface area (Å²) in [6, 6.07) is 19.8. The zero-order chi connectivity index (χ0) is 20.2. The van der Waals surface area contributed by atoms with Gasteiger partial charge in [-0.15, -0.1) is 0 Å². The second-order valence-corrected chi connectivity index (χ2v) is 7.19. The molecule has 0 spiro atoms. The number of nitrogens with one attached hydrogen (secondary N) is 1. The Labute approximate surface area is 175 Å². The van der Waals surface area contributed by atoms with Gasteiger partial charge in [-0.05, 0) is 35.9 Å². The number of pyridine rings is 2. The Bertz CT molecular complexity index is 1050. The smallest absolute Gasteiger partial charge is 0.180 e. The summed E-state index contributed by atoms with van der Waals surface area (Å²) in [5.74, 6) is 2.35. The van der Waals surface area contributed by atoms with Gasteiger partial charge in [-0.2, -0.15) is 0 Å². The van der Waals surface area contributed by atoms with Crippen LogP contribution in [-0.4, -0.2) is 32.6 Å². The quantitative estimate of drug-likeness (QED) is 0.521. The number of para-hydroxylation sites is 1. The van der Waals surface area contributed by atoms with E-state index < -0.39 is 0 Å². The molecular weight excluding hydrogens is 374 g/mol. The molecule has 1 unspecified atom stereocenters. The Kier molecular flexibility index (Phi) is 5.04. The summed E-state index contributed by atoms with van der Waals surface area (Å²) >= 11 is 0. The molecule has 4 heterocycles. The third-order valence-corrected chi connectivity index (χ3v) is 5.06. The third-order valence-electron chi connectivity index (χ3n) is 5.06. The van der Waals surface area contributed by atoms with Crippen LogP contribution < -0.4 is 10.1 Å². The second-order valence-electron chi connectivity index (χ2n) is 7.19. The van der Waals surface area contributed by atoms with E-state index in [9.17, 15) is 0 Å². The van der Waals surface area contributed by atoms with Crippen LogP contribution in [0, 0.1) is 0 Å². The lowest BCUT2D eigenvalue weighted by molar-refractivity contribution is 0.226. The number of benzene rings is 1.